The number of amides is 1. The van der Waals surface area contributed by atoms with Gasteiger partial charge in [-0.1, -0.05) is 4.49 Å². The molecule has 0 spiro atoms. The molecule has 1 aromatic heterocycles. The van der Waals surface area contributed by atoms with E-state index in [1.807, 2.05) is 25.1 Å². The largest absolute Gasteiger partial charge is 0.493 e. The Morgan fingerprint density at radius 1 is 1.48 bits per heavy atom. The minimum Gasteiger partial charge on any atom is -0.493 e. The first-order valence-corrected chi connectivity index (χ1v) is 7.71. The molecule has 0 N–H and O–H groups in total. The van der Waals surface area contributed by atoms with Crippen molar-refractivity contribution in [3.05, 3.63) is 39.9 Å². The van der Waals surface area contributed by atoms with Crippen LogP contribution in [0.25, 0.3) is 0 Å². The van der Waals surface area contributed by atoms with Gasteiger partial charge in [0.25, 0.3) is 5.91 Å². The Morgan fingerprint density at radius 2 is 2.33 bits per heavy atom. The van der Waals surface area contributed by atoms with Gasteiger partial charge in [0.05, 0.1) is 23.7 Å². The van der Waals surface area contributed by atoms with Crippen molar-refractivity contribution >= 4 is 17.4 Å². The molecule has 0 aliphatic carbocycles. The van der Waals surface area contributed by atoms with Crippen LogP contribution < -0.4 is 4.74 Å². The minimum absolute atomic E-state index is 0.0103. The molecule has 5 nitrogen and oxygen atoms in total. The van der Waals surface area contributed by atoms with Gasteiger partial charge in [-0.2, -0.15) is 0 Å². The number of rotatable bonds is 3. The number of aromatic nitrogens is 2. The van der Waals surface area contributed by atoms with E-state index in [1.165, 1.54) is 11.5 Å². The molecule has 2 aromatic rings. The first kappa shape index (κ1) is 14.0. The number of hydrogen-bond acceptors (Lipinski definition) is 5. The molecule has 6 heteroatoms. The normalized spacial score (nSPS) is 13.4. The lowest BCUT2D eigenvalue weighted by Crippen LogP contribution is -2.26. The Morgan fingerprint density at radius 3 is 3.10 bits per heavy atom. The van der Waals surface area contributed by atoms with Gasteiger partial charge in [-0.25, -0.2) is 0 Å². The lowest BCUT2D eigenvalue weighted by atomic mass is 10.0. The van der Waals surface area contributed by atoms with E-state index in [9.17, 15) is 4.79 Å². The molecule has 1 aliphatic rings. The summed E-state index contributed by atoms with van der Waals surface area (Å²) in [4.78, 5) is 15.2. The van der Waals surface area contributed by atoms with Crippen LogP contribution in [0, 0.1) is 6.92 Å². The SMILES string of the molecule is Cc1nnsc1CN(C)C(=O)c1ccc2c(c1)CCCO2. The number of fused-ring (bicyclic) bond motifs is 1. The van der Waals surface area contributed by atoms with Crippen molar-refractivity contribution in [1.82, 2.24) is 14.5 Å². The Balaban J connectivity index is 1.76. The molecular weight excluding hydrogens is 286 g/mol. The summed E-state index contributed by atoms with van der Waals surface area (Å²) in [6, 6.07) is 5.68. The standard InChI is InChI=1S/C15H17N3O2S/c1-10-14(21-17-16-10)9-18(2)15(19)12-5-6-13-11(8-12)4-3-7-20-13/h5-6,8H,3-4,7,9H2,1-2H3. The van der Waals surface area contributed by atoms with E-state index in [4.69, 9.17) is 4.74 Å². The molecule has 0 saturated carbocycles. The van der Waals surface area contributed by atoms with Crippen molar-refractivity contribution < 1.29 is 9.53 Å². The summed E-state index contributed by atoms with van der Waals surface area (Å²) in [5.41, 5.74) is 2.71. The van der Waals surface area contributed by atoms with Gasteiger partial charge in [0, 0.05) is 12.6 Å². The summed E-state index contributed by atoms with van der Waals surface area (Å²) < 4.78 is 9.48. The van der Waals surface area contributed by atoms with Crippen LogP contribution in [-0.2, 0) is 13.0 Å². The van der Waals surface area contributed by atoms with Gasteiger partial charge in [-0.05, 0) is 55.1 Å². The van der Waals surface area contributed by atoms with Crippen molar-refractivity contribution in [3.8, 4) is 5.75 Å². The van der Waals surface area contributed by atoms with Crippen molar-refractivity contribution in [2.75, 3.05) is 13.7 Å². The fraction of sp³-hybridized carbons (Fsp3) is 0.400. The molecule has 110 valence electrons. The van der Waals surface area contributed by atoms with Gasteiger partial charge in [-0.15, -0.1) is 5.10 Å². The molecule has 3 rings (SSSR count). The smallest absolute Gasteiger partial charge is 0.253 e. The zero-order chi connectivity index (χ0) is 14.8. The second kappa shape index (κ2) is 5.81. The average molecular weight is 303 g/mol. The summed E-state index contributed by atoms with van der Waals surface area (Å²) in [7, 11) is 1.80. The summed E-state index contributed by atoms with van der Waals surface area (Å²) in [5.74, 6) is 0.916. The molecule has 0 saturated heterocycles. The molecule has 1 aliphatic heterocycles. The van der Waals surface area contributed by atoms with Crippen LogP contribution in [0.2, 0.25) is 0 Å². The number of aryl methyl sites for hydroxylation is 2. The Kier molecular flexibility index (Phi) is 3.88. The van der Waals surface area contributed by atoms with Gasteiger partial charge in [0.1, 0.15) is 5.75 Å². The van der Waals surface area contributed by atoms with Gasteiger partial charge < -0.3 is 9.64 Å². The third-order valence-electron chi connectivity index (χ3n) is 3.63. The van der Waals surface area contributed by atoms with Gasteiger partial charge in [0.2, 0.25) is 0 Å². The number of carbonyl (C=O) groups is 1. The highest BCUT2D eigenvalue weighted by Gasteiger charge is 2.17. The Labute approximate surface area is 127 Å². The molecule has 1 aromatic carbocycles. The maximum Gasteiger partial charge on any atom is 0.253 e. The summed E-state index contributed by atoms with van der Waals surface area (Å²) in [6.45, 7) is 3.21. The molecular formula is C15H17N3O2S. The second-order valence-electron chi connectivity index (χ2n) is 5.22. The van der Waals surface area contributed by atoms with Crippen LogP contribution in [-0.4, -0.2) is 34.0 Å². The van der Waals surface area contributed by atoms with Crippen molar-refractivity contribution in [2.45, 2.75) is 26.3 Å². The fourth-order valence-corrected chi connectivity index (χ4v) is 3.08. The van der Waals surface area contributed by atoms with Crippen LogP contribution in [0.15, 0.2) is 18.2 Å². The van der Waals surface area contributed by atoms with Gasteiger partial charge in [0.15, 0.2) is 0 Å². The van der Waals surface area contributed by atoms with E-state index in [1.54, 1.807) is 11.9 Å². The van der Waals surface area contributed by atoms with Crippen LogP contribution in [0.1, 0.15) is 32.9 Å². The second-order valence-corrected chi connectivity index (χ2v) is 6.06. The van der Waals surface area contributed by atoms with Gasteiger partial charge in [-0.3, -0.25) is 4.79 Å². The molecule has 0 fully saturated rings. The zero-order valence-electron chi connectivity index (χ0n) is 12.1. The molecule has 21 heavy (non-hydrogen) atoms. The first-order valence-electron chi connectivity index (χ1n) is 6.94. The maximum atomic E-state index is 12.5. The maximum absolute atomic E-state index is 12.5. The Bertz CT molecular complexity index is 669. The van der Waals surface area contributed by atoms with Gasteiger partial charge >= 0.3 is 0 Å². The summed E-state index contributed by atoms with van der Waals surface area (Å²) >= 11 is 1.34. The van der Waals surface area contributed by atoms with E-state index < -0.39 is 0 Å². The van der Waals surface area contributed by atoms with Crippen LogP contribution in [0.5, 0.6) is 5.75 Å². The molecule has 0 atom stereocenters. The van der Waals surface area contributed by atoms with E-state index in [-0.39, 0.29) is 5.91 Å². The third-order valence-corrected chi connectivity index (χ3v) is 4.44. The van der Waals surface area contributed by atoms with E-state index in [0.29, 0.717) is 12.1 Å². The highest BCUT2D eigenvalue weighted by molar-refractivity contribution is 7.05. The number of benzene rings is 1. The Hall–Kier alpha value is -1.95. The summed E-state index contributed by atoms with van der Waals surface area (Å²) in [5, 5.41) is 3.97. The fourth-order valence-electron chi connectivity index (χ4n) is 2.40. The number of ether oxygens (including phenoxy) is 1. The summed E-state index contributed by atoms with van der Waals surface area (Å²) in [6.07, 6.45) is 1.98. The minimum atomic E-state index is 0.0103. The molecule has 1 amide bonds. The number of carbonyl (C=O) groups excluding carboxylic acids is 1. The lowest BCUT2D eigenvalue weighted by molar-refractivity contribution is 0.0786. The lowest BCUT2D eigenvalue weighted by Gasteiger charge is -2.20. The highest BCUT2D eigenvalue weighted by atomic mass is 32.1. The molecule has 0 unspecified atom stereocenters. The van der Waals surface area contributed by atoms with Crippen molar-refractivity contribution in [1.29, 1.82) is 0 Å². The highest BCUT2D eigenvalue weighted by Crippen LogP contribution is 2.26. The van der Waals surface area contributed by atoms with Crippen LogP contribution >= 0.6 is 11.5 Å². The number of hydrogen-bond donors (Lipinski definition) is 0. The van der Waals surface area contributed by atoms with Crippen LogP contribution in [0.3, 0.4) is 0 Å². The molecule has 2 heterocycles. The monoisotopic (exact) mass is 303 g/mol. The average Bonchev–Trinajstić information content (AvgIpc) is 2.91. The first-order chi connectivity index (χ1) is 10.1. The molecule has 0 bridgehead atoms. The number of nitrogens with zero attached hydrogens (tertiary/aromatic N) is 3. The van der Waals surface area contributed by atoms with E-state index >= 15 is 0 Å². The van der Waals surface area contributed by atoms with Crippen LogP contribution in [0.4, 0.5) is 0 Å². The predicted molar refractivity (Wildman–Crippen MR) is 80.7 cm³/mol. The van der Waals surface area contributed by atoms with Crippen molar-refractivity contribution in [3.63, 3.8) is 0 Å². The van der Waals surface area contributed by atoms with E-state index in [0.717, 1.165) is 41.3 Å². The van der Waals surface area contributed by atoms with Crippen molar-refractivity contribution in [2.24, 2.45) is 0 Å². The zero-order valence-corrected chi connectivity index (χ0v) is 12.9. The molecule has 0 radical (unpaired) electrons. The third kappa shape index (κ3) is 2.90. The topological polar surface area (TPSA) is 55.3 Å². The quantitative estimate of drug-likeness (QED) is 0.874. The predicted octanol–water partition coefficient (Wildman–Crippen LogP) is 2.44. The van der Waals surface area contributed by atoms with E-state index in [2.05, 4.69) is 9.59 Å².